The van der Waals surface area contributed by atoms with Crippen molar-refractivity contribution < 1.29 is 19.5 Å². The number of hydrogen-bond donors (Lipinski definition) is 3. The average molecular weight is 353 g/mol. The van der Waals surface area contributed by atoms with Crippen molar-refractivity contribution in [2.45, 2.75) is 13.5 Å². The van der Waals surface area contributed by atoms with Crippen LogP contribution in [0.4, 0.5) is 10.5 Å². The molecule has 7 heteroatoms. The summed E-state index contributed by atoms with van der Waals surface area (Å²) in [5.74, 6) is -1.23. The van der Waals surface area contributed by atoms with Crippen LogP contribution in [0.25, 0.3) is 0 Å². The van der Waals surface area contributed by atoms with E-state index in [2.05, 4.69) is 10.6 Å². The van der Waals surface area contributed by atoms with Crippen molar-refractivity contribution in [1.82, 2.24) is 10.6 Å². The quantitative estimate of drug-likeness (QED) is 0.767. The number of rotatable bonds is 5. The van der Waals surface area contributed by atoms with Gasteiger partial charge in [-0.3, -0.25) is 9.69 Å². The van der Waals surface area contributed by atoms with Gasteiger partial charge in [-0.25, -0.2) is 9.59 Å². The second-order valence-corrected chi connectivity index (χ2v) is 6.02. The third kappa shape index (κ3) is 3.51. The summed E-state index contributed by atoms with van der Waals surface area (Å²) < 4.78 is 0. The summed E-state index contributed by atoms with van der Waals surface area (Å²) in [5.41, 5.74) is 2.97. The zero-order valence-corrected chi connectivity index (χ0v) is 14.3. The van der Waals surface area contributed by atoms with Gasteiger partial charge in [0.2, 0.25) is 0 Å². The van der Waals surface area contributed by atoms with Crippen LogP contribution in [0, 0.1) is 6.92 Å². The van der Waals surface area contributed by atoms with E-state index >= 15 is 0 Å². The second kappa shape index (κ2) is 7.26. The molecule has 1 aliphatic rings. The second-order valence-electron chi connectivity index (χ2n) is 6.02. The maximum atomic E-state index is 12.5. The predicted octanol–water partition coefficient (Wildman–Crippen LogP) is 2.15. The van der Waals surface area contributed by atoms with Crippen LogP contribution in [0.2, 0.25) is 0 Å². The minimum Gasteiger partial charge on any atom is -0.478 e. The fourth-order valence-electron chi connectivity index (χ4n) is 2.91. The lowest BCUT2D eigenvalue weighted by atomic mass is 10.0. The molecule has 1 heterocycles. The molecule has 0 bridgehead atoms. The first-order valence-corrected chi connectivity index (χ1v) is 8.23. The molecule has 26 heavy (non-hydrogen) atoms. The van der Waals surface area contributed by atoms with Gasteiger partial charge in [0.15, 0.2) is 0 Å². The summed E-state index contributed by atoms with van der Waals surface area (Å²) in [4.78, 5) is 36.9. The molecule has 3 rings (SSSR count). The van der Waals surface area contributed by atoms with E-state index in [1.807, 2.05) is 13.0 Å². The lowest BCUT2D eigenvalue weighted by molar-refractivity contribution is 0.0696. The van der Waals surface area contributed by atoms with E-state index in [0.717, 1.165) is 16.8 Å². The smallest absolute Gasteiger partial charge is 0.335 e. The Labute approximate surface area is 150 Å². The Morgan fingerprint density at radius 2 is 1.92 bits per heavy atom. The fourth-order valence-corrected chi connectivity index (χ4v) is 2.91. The molecule has 0 saturated carbocycles. The number of amides is 3. The minimum absolute atomic E-state index is 0.163. The Morgan fingerprint density at radius 1 is 1.19 bits per heavy atom. The maximum absolute atomic E-state index is 12.5. The molecule has 1 fully saturated rings. The van der Waals surface area contributed by atoms with E-state index in [1.165, 1.54) is 12.1 Å². The van der Waals surface area contributed by atoms with E-state index in [-0.39, 0.29) is 24.0 Å². The molecule has 7 nitrogen and oxygen atoms in total. The number of urea groups is 1. The Bertz CT molecular complexity index is 862. The van der Waals surface area contributed by atoms with Gasteiger partial charge in [-0.15, -0.1) is 0 Å². The maximum Gasteiger partial charge on any atom is 0.335 e. The van der Waals surface area contributed by atoms with E-state index in [9.17, 15) is 14.4 Å². The number of carbonyl (C=O) groups excluding carboxylic acids is 2. The summed E-state index contributed by atoms with van der Waals surface area (Å²) in [6.45, 7) is 3.26. The number of carbonyl (C=O) groups is 3. The largest absolute Gasteiger partial charge is 0.478 e. The number of carboxylic acid groups (broad SMARTS) is 1. The Kier molecular flexibility index (Phi) is 4.88. The van der Waals surface area contributed by atoms with Crippen molar-refractivity contribution in [3.05, 3.63) is 64.7 Å². The number of anilines is 1. The molecule has 3 amide bonds. The fraction of sp³-hybridized carbons (Fsp3) is 0.211. The first kappa shape index (κ1) is 17.5. The first-order chi connectivity index (χ1) is 12.5. The van der Waals surface area contributed by atoms with Crippen LogP contribution in [-0.2, 0) is 6.54 Å². The monoisotopic (exact) mass is 353 g/mol. The molecule has 1 saturated heterocycles. The summed E-state index contributed by atoms with van der Waals surface area (Å²) >= 11 is 0. The van der Waals surface area contributed by atoms with Gasteiger partial charge in [-0.05, 0) is 42.3 Å². The number of nitrogens with one attached hydrogen (secondary N) is 2. The predicted molar refractivity (Wildman–Crippen MR) is 96.5 cm³/mol. The molecular formula is C19H19N3O4. The zero-order chi connectivity index (χ0) is 18.7. The van der Waals surface area contributed by atoms with Crippen molar-refractivity contribution in [3.63, 3.8) is 0 Å². The number of nitrogens with zero attached hydrogens (tertiary/aromatic N) is 1. The lowest BCUT2D eigenvalue weighted by Gasteiger charge is -2.19. The van der Waals surface area contributed by atoms with Gasteiger partial charge >= 0.3 is 12.0 Å². The standard InChI is InChI=1S/C19H19N3O4/c1-12-15(3-2-4-16(12)22-10-9-20-19(22)26)17(23)21-11-13-5-7-14(8-6-13)18(24)25/h2-8H,9-11H2,1H3,(H,20,26)(H,21,23)(H,24,25). The highest BCUT2D eigenvalue weighted by Crippen LogP contribution is 2.24. The molecular weight excluding hydrogens is 334 g/mol. The van der Waals surface area contributed by atoms with Crippen LogP contribution in [0.3, 0.4) is 0 Å². The van der Waals surface area contributed by atoms with E-state index in [0.29, 0.717) is 18.7 Å². The highest BCUT2D eigenvalue weighted by molar-refractivity contribution is 6.00. The van der Waals surface area contributed by atoms with Crippen LogP contribution < -0.4 is 15.5 Å². The molecule has 0 unspecified atom stereocenters. The van der Waals surface area contributed by atoms with Gasteiger partial charge in [0, 0.05) is 30.9 Å². The van der Waals surface area contributed by atoms with Gasteiger partial charge in [0.05, 0.1) is 5.56 Å². The van der Waals surface area contributed by atoms with Crippen molar-refractivity contribution in [1.29, 1.82) is 0 Å². The highest BCUT2D eigenvalue weighted by atomic mass is 16.4. The van der Waals surface area contributed by atoms with Crippen LogP contribution in [0.5, 0.6) is 0 Å². The molecule has 1 aliphatic heterocycles. The Balaban J connectivity index is 1.72. The van der Waals surface area contributed by atoms with Crippen molar-refractivity contribution in [2.75, 3.05) is 18.0 Å². The van der Waals surface area contributed by atoms with Crippen LogP contribution in [-0.4, -0.2) is 36.1 Å². The number of carboxylic acids is 1. The molecule has 2 aromatic carbocycles. The molecule has 2 aromatic rings. The number of aromatic carboxylic acids is 1. The molecule has 3 N–H and O–H groups in total. The third-order valence-electron chi connectivity index (χ3n) is 4.35. The van der Waals surface area contributed by atoms with Gasteiger partial charge in [0.1, 0.15) is 0 Å². The van der Waals surface area contributed by atoms with Crippen molar-refractivity contribution >= 4 is 23.6 Å². The van der Waals surface area contributed by atoms with Gasteiger partial charge in [0.25, 0.3) is 5.91 Å². The summed E-state index contributed by atoms with van der Waals surface area (Å²) in [7, 11) is 0. The molecule has 0 radical (unpaired) electrons. The lowest BCUT2D eigenvalue weighted by Crippen LogP contribution is -2.29. The van der Waals surface area contributed by atoms with Crippen LogP contribution in [0.1, 0.15) is 31.8 Å². The van der Waals surface area contributed by atoms with Gasteiger partial charge in [-0.1, -0.05) is 18.2 Å². The SMILES string of the molecule is Cc1c(C(=O)NCc2ccc(C(=O)O)cc2)cccc1N1CCNC1=O. The van der Waals surface area contributed by atoms with Gasteiger partial charge in [-0.2, -0.15) is 0 Å². The first-order valence-electron chi connectivity index (χ1n) is 8.23. The molecule has 0 atom stereocenters. The average Bonchev–Trinajstić information content (AvgIpc) is 3.06. The molecule has 0 spiro atoms. The summed E-state index contributed by atoms with van der Waals surface area (Å²) in [6, 6.07) is 11.5. The summed E-state index contributed by atoms with van der Waals surface area (Å²) in [5, 5.41) is 14.5. The molecule has 0 aromatic heterocycles. The normalized spacial score (nSPS) is 13.4. The van der Waals surface area contributed by atoms with Crippen LogP contribution in [0.15, 0.2) is 42.5 Å². The Hall–Kier alpha value is -3.35. The number of hydrogen-bond acceptors (Lipinski definition) is 3. The molecule has 0 aliphatic carbocycles. The van der Waals surface area contributed by atoms with Gasteiger partial charge < -0.3 is 15.7 Å². The highest BCUT2D eigenvalue weighted by Gasteiger charge is 2.24. The third-order valence-corrected chi connectivity index (χ3v) is 4.35. The van der Waals surface area contributed by atoms with Crippen molar-refractivity contribution in [3.8, 4) is 0 Å². The minimum atomic E-state index is -0.987. The van der Waals surface area contributed by atoms with E-state index in [4.69, 9.17) is 5.11 Å². The Morgan fingerprint density at radius 3 is 2.54 bits per heavy atom. The topological polar surface area (TPSA) is 98.7 Å². The summed E-state index contributed by atoms with van der Waals surface area (Å²) in [6.07, 6.45) is 0. The van der Waals surface area contributed by atoms with Crippen molar-refractivity contribution in [2.24, 2.45) is 0 Å². The molecule has 134 valence electrons. The number of benzene rings is 2. The van der Waals surface area contributed by atoms with E-state index < -0.39 is 5.97 Å². The van der Waals surface area contributed by atoms with E-state index in [1.54, 1.807) is 29.2 Å². The zero-order valence-electron chi connectivity index (χ0n) is 14.3. The van der Waals surface area contributed by atoms with Crippen LogP contribution >= 0.6 is 0 Å².